The van der Waals surface area contributed by atoms with Gasteiger partial charge >= 0.3 is 0 Å². The SMILES string of the molecule is COc1ccc(N(Cc2cccs2)C(=O)c2cccc(S(=O)(=O)NC3CC3)c2)cc1. The van der Waals surface area contributed by atoms with Crippen molar-refractivity contribution < 1.29 is 17.9 Å². The third kappa shape index (κ3) is 4.72. The molecule has 4 rings (SSSR count). The summed E-state index contributed by atoms with van der Waals surface area (Å²) in [5, 5.41) is 1.96. The molecule has 2 aromatic carbocycles. The van der Waals surface area contributed by atoms with Crippen LogP contribution < -0.4 is 14.4 Å². The quantitative estimate of drug-likeness (QED) is 0.571. The smallest absolute Gasteiger partial charge is 0.258 e. The van der Waals surface area contributed by atoms with Gasteiger partial charge in [0, 0.05) is 22.2 Å². The van der Waals surface area contributed by atoms with Crippen molar-refractivity contribution in [3.05, 3.63) is 76.5 Å². The van der Waals surface area contributed by atoms with Crippen LogP contribution in [0.3, 0.4) is 0 Å². The lowest BCUT2D eigenvalue weighted by Gasteiger charge is -2.23. The van der Waals surface area contributed by atoms with Gasteiger partial charge in [0.2, 0.25) is 10.0 Å². The zero-order valence-electron chi connectivity index (χ0n) is 16.4. The summed E-state index contributed by atoms with van der Waals surface area (Å²) >= 11 is 1.56. The predicted molar refractivity (Wildman–Crippen MR) is 118 cm³/mol. The number of amides is 1. The summed E-state index contributed by atoms with van der Waals surface area (Å²) in [6, 6.07) is 17.3. The van der Waals surface area contributed by atoms with E-state index in [2.05, 4.69) is 4.72 Å². The van der Waals surface area contributed by atoms with Gasteiger partial charge in [0.1, 0.15) is 5.75 Å². The van der Waals surface area contributed by atoms with Crippen LogP contribution in [0.4, 0.5) is 5.69 Å². The number of anilines is 1. The van der Waals surface area contributed by atoms with E-state index in [4.69, 9.17) is 4.74 Å². The lowest BCUT2D eigenvalue weighted by atomic mass is 10.1. The molecule has 1 heterocycles. The van der Waals surface area contributed by atoms with Gasteiger partial charge in [0.25, 0.3) is 5.91 Å². The van der Waals surface area contributed by atoms with E-state index in [-0.39, 0.29) is 16.8 Å². The van der Waals surface area contributed by atoms with Crippen molar-refractivity contribution in [1.82, 2.24) is 4.72 Å². The van der Waals surface area contributed by atoms with Crippen molar-refractivity contribution in [2.24, 2.45) is 0 Å². The number of nitrogens with one attached hydrogen (secondary N) is 1. The molecule has 1 aromatic heterocycles. The van der Waals surface area contributed by atoms with Crippen LogP contribution in [0.5, 0.6) is 5.75 Å². The van der Waals surface area contributed by atoms with Crippen LogP contribution in [-0.2, 0) is 16.6 Å². The molecule has 0 saturated heterocycles. The van der Waals surface area contributed by atoms with Crippen molar-refractivity contribution in [1.29, 1.82) is 0 Å². The molecule has 3 aromatic rings. The second-order valence-electron chi connectivity index (χ2n) is 7.09. The van der Waals surface area contributed by atoms with Crippen molar-refractivity contribution >= 4 is 33.0 Å². The first-order valence-electron chi connectivity index (χ1n) is 9.57. The van der Waals surface area contributed by atoms with E-state index in [1.165, 1.54) is 12.1 Å². The minimum Gasteiger partial charge on any atom is -0.497 e. The molecule has 0 atom stereocenters. The molecule has 1 aliphatic rings. The predicted octanol–water partition coefficient (Wildman–Crippen LogP) is 4.04. The molecule has 1 amide bonds. The lowest BCUT2D eigenvalue weighted by molar-refractivity contribution is 0.0985. The maximum absolute atomic E-state index is 13.4. The fourth-order valence-corrected chi connectivity index (χ4v) is 5.08. The van der Waals surface area contributed by atoms with E-state index < -0.39 is 10.0 Å². The number of rotatable bonds is 8. The highest BCUT2D eigenvalue weighted by molar-refractivity contribution is 7.89. The molecule has 0 aliphatic heterocycles. The average molecular weight is 443 g/mol. The van der Waals surface area contributed by atoms with Crippen LogP contribution in [-0.4, -0.2) is 27.5 Å². The van der Waals surface area contributed by atoms with E-state index in [0.717, 1.165) is 17.7 Å². The first-order valence-corrected chi connectivity index (χ1v) is 11.9. The zero-order chi connectivity index (χ0) is 21.1. The summed E-state index contributed by atoms with van der Waals surface area (Å²) in [5.74, 6) is 0.429. The Bertz CT molecular complexity index is 1120. The molecule has 6 nitrogen and oxygen atoms in total. The Morgan fingerprint density at radius 3 is 2.53 bits per heavy atom. The molecule has 0 bridgehead atoms. The van der Waals surface area contributed by atoms with Gasteiger partial charge < -0.3 is 9.64 Å². The Morgan fingerprint density at radius 1 is 1.13 bits per heavy atom. The first kappa shape index (κ1) is 20.6. The molecule has 0 radical (unpaired) electrons. The molecule has 1 saturated carbocycles. The third-order valence-corrected chi connectivity index (χ3v) is 7.19. The number of carbonyl (C=O) groups excluding carboxylic acids is 1. The van der Waals surface area contributed by atoms with Gasteiger partial charge in [-0.05, 0) is 66.8 Å². The number of nitrogens with zero attached hydrogens (tertiary/aromatic N) is 1. The van der Waals surface area contributed by atoms with Gasteiger partial charge in [-0.25, -0.2) is 13.1 Å². The van der Waals surface area contributed by atoms with Gasteiger partial charge in [0.05, 0.1) is 18.6 Å². The zero-order valence-corrected chi connectivity index (χ0v) is 18.1. The van der Waals surface area contributed by atoms with E-state index in [1.807, 2.05) is 29.6 Å². The van der Waals surface area contributed by atoms with E-state index in [9.17, 15) is 13.2 Å². The minimum absolute atomic E-state index is 0.00369. The molecule has 1 aliphatic carbocycles. The largest absolute Gasteiger partial charge is 0.497 e. The Morgan fingerprint density at radius 2 is 1.90 bits per heavy atom. The topological polar surface area (TPSA) is 75.7 Å². The number of thiophene rings is 1. The van der Waals surface area contributed by atoms with Crippen LogP contribution in [0.15, 0.2) is 70.9 Å². The van der Waals surface area contributed by atoms with Crippen molar-refractivity contribution in [3.63, 3.8) is 0 Å². The number of methoxy groups -OCH3 is 1. The molecular weight excluding hydrogens is 420 g/mol. The minimum atomic E-state index is -3.64. The number of sulfonamides is 1. The normalized spacial score (nSPS) is 13.8. The van der Waals surface area contributed by atoms with Crippen LogP contribution in [0.25, 0.3) is 0 Å². The number of carbonyl (C=O) groups is 1. The molecule has 1 fully saturated rings. The van der Waals surface area contributed by atoms with E-state index in [0.29, 0.717) is 23.5 Å². The second-order valence-corrected chi connectivity index (χ2v) is 9.84. The van der Waals surface area contributed by atoms with Gasteiger partial charge in [-0.3, -0.25) is 4.79 Å². The van der Waals surface area contributed by atoms with Crippen LogP contribution >= 0.6 is 11.3 Å². The van der Waals surface area contributed by atoms with E-state index in [1.54, 1.807) is 47.6 Å². The summed E-state index contributed by atoms with van der Waals surface area (Å²) < 4.78 is 33.0. The standard InChI is InChI=1S/C22H22N2O4S2/c1-28-19-11-9-18(10-12-19)24(15-20-5-3-13-29-20)22(25)16-4-2-6-21(14-16)30(26,27)23-17-7-8-17/h2-6,9-14,17,23H,7-8,15H2,1H3. The molecule has 1 N–H and O–H groups in total. The van der Waals surface area contributed by atoms with Crippen LogP contribution in [0.1, 0.15) is 28.1 Å². The summed E-state index contributed by atoms with van der Waals surface area (Å²) in [6.45, 7) is 0.389. The van der Waals surface area contributed by atoms with Crippen molar-refractivity contribution in [3.8, 4) is 5.75 Å². The summed E-state index contributed by atoms with van der Waals surface area (Å²) in [6.07, 6.45) is 1.70. The number of hydrogen-bond acceptors (Lipinski definition) is 5. The number of hydrogen-bond donors (Lipinski definition) is 1. The molecule has 8 heteroatoms. The number of benzene rings is 2. The Labute approximate surface area is 180 Å². The molecule has 0 unspecified atom stereocenters. The van der Waals surface area contributed by atoms with Gasteiger partial charge in [-0.2, -0.15) is 0 Å². The number of ether oxygens (including phenoxy) is 1. The highest BCUT2D eigenvalue weighted by Gasteiger charge is 2.28. The highest BCUT2D eigenvalue weighted by atomic mass is 32.2. The average Bonchev–Trinajstić information content (AvgIpc) is 3.41. The monoisotopic (exact) mass is 442 g/mol. The summed E-state index contributed by atoms with van der Waals surface area (Å²) in [5.41, 5.74) is 1.03. The highest BCUT2D eigenvalue weighted by Crippen LogP contribution is 2.26. The van der Waals surface area contributed by atoms with Gasteiger partial charge in [0.15, 0.2) is 0 Å². The fourth-order valence-electron chi connectivity index (χ4n) is 3.04. The summed E-state index contributed by atoms with van der Waals surface area (Å²) in [7, 11) is -2.05. The Balaban J connectivity index is 1.66. The summed E-state index contributed by atoms with van der Waals surface area (Å²) in [4.78, 5) is 16.2. The Hall–Kier alpha value is -2.68. The molecular formula is C22H22N2O4S2. The first-order chi connectivity index (χ1) is 14.5. The molecule has 0 spiro atoms. The maximum Gasteiger partial charge on any atom is 0.258 e. The molecule has 156 valence electrons. The van der Waals surface area contributed by atoms with Crippen molar-refractivity contribution in [2.45, 2.75) is 30.3 Å². The van der Waals surface area contributed by atoms with E-state index >= 15 is 0 Å². The van der Waals surface area contributed by atoms with Crippen LogP contribution in [0, 0.1) is 0 Å². The van der Waals surface area contributed by atoms with Crippen molar-refractivity contribution in [2.75, 3.05) is 12.0 Å². The second kappa shape index (κ2) is 8.59. The van der Waals surface area contributed by atoms with Crippen LogP contribution in [0.2, 0.25) is 0 Å². The van der Waals surface area contributed by atoms with Gasteiger partial charge in [-0.15, -0.1) is 11.3 Å². The Kier molecular flexibility index (Phi) is 5.90. The lowest BCUT2D eigenvalue weighted by Crippen LogP contribution is -2.30. The van der Waals surface area contributed by atoms with Gasteiger partial charge in [-0.1, -0.05) is 12.1 Å². The maximum atomic E-state index is 13.4. The fraction of sp³-hybridized carbons (Fsp3) is 0.227. The third-order valence-electron chi connectivity index (χ3n) is 4.81. The molecule has 30 heavy (non-hydrogen) atoms.